The van der Waals surface area contributed by atoms with Gasteiger partial charge in [-0.3, -0.25) is 4.55 Å². The topological polar surface area (TPSA) is 63.6 Å². The molecule has 78 valence electrons. The first-order valence-corrected chi connectivity index (χ1v) is 5.31. The number of benzene rings is 1. The molecule has 0 unspecified atom stereocenters. The van der Waals surface area contributed by atoms with Crippen LogP contribution in [-0.2, 0) is 10.1 Å². The van der Waals surface area contributed by atoms with E-state index in [-0.39, 0.29) is 31.0 Å². The molecule has 6 heteroatoms. The summed E-state index contributed by atoms with van der Waals surface area (Å²) < 4.78 is 34.1. The van der Waals surface area contributed by atoms with Gasteiger partial charge in [0.15, 0.2) is 0 Å². The molecule has 0 spiro atoms. The molecule has 4 nitrogen and oxygen atoms in total. The summed E-state index contributed by atoms with van der Waals surface area (Å²) in [5.41, 5.74) is 0.670. The van der Waals surface area contributed by atoms with Crippen molar-refractivity contribution in [2.24, 2.45) is 0 Å². The van der Waals surface area contributed by atoms with E-state index >= 15 is 0 Å². The van der Waals surface area contributed by atoms with Gasteiger partial charge in [-0.15, -0.1) is 0 Å². The summed E-state index contributed by atoms with van der Waals surface area (Å²) in [4.78, 5) is 0. The zero-order chi connectivity index (χ0) is 10.6. The van der Waals surface area contributed by atoms with E-state index in [1.807, 2.05) is 0 Å². The van der Waals surface area contributed by atoms with Crippen molar-refractivity contribution in [3.8, 4) is 5.75 Å². The predicted molar refractivity (Wildman–Crippen MR) is 54.7 cm³/mol. The van der Waals surface area contributed by atoms with Gasteiger partial charge in [-0.25, -0.2) is 0 Å². The van der Waals surface area contributed by atoms with Gasteiger partial charge in [0.25, 0.3) is 10.1 Å². The van der Waals surface area contributed by atoms with Crippen LogP contribution in [0.3, 0.4) is 0 Å². The summed E-state index contributed by atoms with van der Waals surface area (Å²) in [7, 11) is -2.51. The minimum Gasteiger partial charge on any atom is -1.00 e. The van der Waals surface area contributed by atoms with Gasteiger partial charge >= 0.3 is 29.6 Å². The molecule has 0 bridgehead atoms. The van der Waals surface area contributed by atoms with Crippen LogP contribution in [0.4, 0.5) is 0 Å². The van der Waals surface area contributed by atoms with Crippen molar-refractivity contribution >= 4 is 16.2 Å². The molecule has 0 aliphatic heterocycles. The van der Waals surface area contributed by atoms with Crippen LogP contribution >= 0.6 is 0 Å². The molecule has 1 aromatic rings. The maximum atomic E-state index is 10.4. The van der Waals surface area contributed by atoms with Gasteiger partial charge in [0.1, 0.15) is 5.75 Å². The molecule has 0 saturated heterocycles. The summed E-state index contributed by atoms with van der Waals surface area (Å²) in [6.07, 6.45) is 1.30. The fraction of sp³-hybridized carbons (Fsp3) is 0.111. The molecule has 1 aromatic carbocycles. The largest absolute Gasteiger partial charge is 1.00 e. The molecule has 15 heavy (non-hydrogen) atoms. The number of methoxy groups -OCH3 is 1. The van der Waals surface area contributed by atoms with Gasteiger partial charge in [0, 0.05) is 0 Å². The van der Waals surface area contributed by atoms with Gasteiger partial charge in [-0.2, -0.15) is 8.42 Å². The van der Waals surface area contributed by atoms with Crippen molar-refractivity contribution in [1.29, 1.82) is 0 Å². The zero-order valence-corrected chi connectivity index (χ0v) is 11.4. The zero-order valence-electron chi connectivity index (χ0n) is 9.54. The van der Waals surface area contributed by atoms with Crippen LogP contribution < -0.4 is 34.3 Å². The van der Waals surface area contributed by atoms with Crippen LogP contribution in [0, 0.1) is 0 Å². The van der Waals surface area contributed by atoms with E-state index in [9.17, 15) is 8.42 Å². The quantitative estimate of drug-likeness (QED) is 0.523. The molecular weight excluding hydrogens is 227 g/mol. The van der Waals surface area contributed by atoms with Crippen LogP contribution in [0.15, 0.2) is 29.7 Å². The number of rotatable bonds is 3. The van der Waals surface area contributed by atoms with E-state index in [4.69, 9.17) is 9.29 Å². The van der Waals surface area contributed by atoms with Gasteiger partial charge in [0.05, 0.1) is 12.5 Å². The van der Waals surface area contributed by atoms with Crippen LogP contribution in [0.5, 0.6) is 5.75 Å². The Morgan fingerprint density at radius 1 is 1.33 bits per heavy atom. The van der Waals surface area contributed by atoms with E-state index in [1.165, 1.54) is 6.08 Å². The van der Waals surface area contributed by atoms with Crippen molar-refractivity contribution in [2.75, 3.05) is 7.11 Å². The first-order valence-electron chi connectivity index (χ1n) is 3.81. The first kappa shape index (κ1) is 14.7. The van der Waals surface area contributed by atoms with Crippen LogP contribution in [0.1, 0.15) is 6.99 Å². The van der Waals surface area contributed by atoms with Crippen LogP contribution in [0.2, 0.25) is 0 Å². The molecule has 1 N–H and O–H groups in total. The Kier molecular flexibility index (Phi) is 6.16. The SMILES string of the molecule is COc1ccc(C=CS(=O)(=O)O)cc1.[H-].[Na+]. The predicted octanol–water partition coefficient (Wildman–Crippen LogP) is -1.33. The Hall–Kier alpha value is -0.330. The maximum absolute atomic E-state index is 10.4. The van der Waals surface area contributed by atoms with E-state index in [0.717, 1.165) is 5.41 Å². The van der Waals surface area contributed by atoms with Gasteiger partial charge in [-0.05, 0) is 23.8 Å². The number of hydrogen-bond acceptors (Lipinski definition) is 3. The summed E-state index contributed by atoms with van der Waals surface area (Å²) >= 11 is 0. The standard InChI is InChI=1S/C9H10O4S.Na.H/c1-13-9-4-2-8(3-5-9)6-7-14(10,11)12;;/h2-7H,1H3,(H,10,11,12);;/q;+1;-1. The molecule has 0 aliphatic rings. The summed E-state index contributed by atoms with van der Waals surface area (Å²) in [6.45, 7) is 0. The fourth-order valence-corrected chi connectivity index (χ4v) is 1.21. The molecule has 0 fully saturated rings. The van der Waals surface area contributed by atoms with Gasteiger partial charge in [-0.1, -0.05) is 12.1 Å². The van der Waals surface area contributed by atoms with Crippen LogP contribution in [0.25, 0.3) is 6.08 Å². The summed E-state index contributed by atoms with van der Waals surface area (Å²) in [5, 5.41) is 0.731. The molecular formula is C9H11NaO4S. The van der Waals surface area contributed by atoms with Gasteiger partial charge < -0.3 is 6.16 Å². The third kappa shape index (κ3) is 5.96. The molecule has 0 aromatic heterocycles. The maximum Gasteiger partial charge on any atom is 1.00 e. The molecule has 1 rings (SSSR count). The molecule has 0 amide bonds. The van der Waals surface area contributed by atoms with Gasteiger partial charge in [0.2, 0.25) is 0 Å². The molecule has 0 radical (unpaired) electrons. The minimum absolute atomic E-state index is 0. The molecule has 0 heterocycles. The smallest absolute Gasteiger partial charge is 1.00 e. The van der Waals surface area contributed by atoms with E-state index < -0.39 is 10.1 Å². The second kappa shape index (κ2) is 6.30. The number of hydrogen-bond donors (Lipinski definition) is 1. The number of ether oxygens (including phenoxy) is 1. The van der Waals surface area contributed by atoms with Crippen molar-refractivity contribution in [3.63, 3.8) is 0 Å². The van der Waals surface area contributed by atoms with E-state index in [1.54, 1.807) is 31.4 Å². The Labute approximate surface area is 112 Å². The van der Waals surface area contributed by atoms with Crippen molar-refractivity contribution < 1.29 is 48.7 Å². The normalized spacial score (nSPS) is 11.1. The van der Waals surface area contributed by atoms with Crippen LogP contribution in [-0.4, -0.2) is 20.1 Å². The Balaban J connectivity index is 0. The molecule has 0 atom stereocenters. The van der Waals surface area contributed by atoms with E-state index in [2.05, 4.69) is 0 Å². The summed E-state index contributed by atoms with van der Waals surface area (Å²) in [6, 6.07) is 6.76. The average molecular weight is 238 g/mol. The molecule has 0 aliphatic carbocycles. The average Bonchev–Trinajstić information content (AvgIpc) is 2.14. The molecule has 0 saturated carbocycles. The monoisotopic (exact) mass is 238 g/mol. The van der Waals surface area contributed by atoms with Crippen molar-refractivity contribution in [1.82, 2.24) is 0 Å². The first-order chi connectivity index (χ1) is 6.51. The van der Waals surface area contributed by atoms with Crippen molar-refractivity contribution in [3.05, 3.63) is 35.2 Å². The second-order valence-electron chi connectivity index (χ2n) is 2.59. The Morgan fingerprint density at radius 3 is 2.27 bits per heavy atom. The van der Waals surface area contributed by atoms with Crippen molar-refractivity contribution in [2.45, 2.75) is 0 Å². The summed E-state index contributed by atoms with van der Waals surface area (Å²) in [5.74, 6) is 0.689. The second-order valence-corrected chi connectivity index (χ2v) is 3.89. The Bertz CT molecular complexity index is 427. The third-order valence-corrected chi connectivity index (χ3v) is 2.03. The fourth-order valence-electron chi connectivity index (χ4n) is 0.880. The van der Waals surface area contributed by atoms with E-state index in [0.29, 0.717) is 11.3 Å². The Morgan fingerprint density at radius 2 is 1.87 bits per heavy atom. The minimum atomic E-state index is -4.05. The third-order valence-electron chi connectivity index (χ3n) is 1.55.